The van der Waals surface area contributed by atoms with Gasteiger partial charge in [-0.2, -0.15) is 0 Å². The Hall–Kier alpha value is -7.81. The monoisotopic (exact) mass is 750 g/mol. The first-order valence-corrected chi connectivity index (χ1v) is 20.2. The molecule has 2 heteroatoms. The van der Waals surface area contributed by atoms with E-state index in [0.717, 1.165) is 44.8 Å². The van der Waals surface area contributed by atoms with Crippen LogP contribution in [0.3, 0.4) is 0 Å². The van der Waals surface area contributed by atoms with Gasteiger partial charge in [0.05, 0.1) is 11.2 Å². The van der Waals surface area contributed by atoms with Crippen LogP contribution >= 0.6 is 0 Å². The average Bonchev–Trinajstić information content (AvgIpc) is 3.32. The molecule has 0 fully saturated rings. The van der Waals surface area contributed by atoms with Crippen molar-refractivity contribution in [1.29, 1.82) is 0 Å². The minimum absolute atomic E-state index is 0.952. The second-order valence-electron chi connectivity index (χ2n) is 15.1. The van der Waals surface area contributed by atoms with Gasteiger partial charge in [-0.25, -0.2) is 4.98 Å². The molecular formula is C57H38N2. The molecule has 0 aliphatic heterocycles. The molecule has 0 radical (unpaired) electrons. The quantitative estimate of drug-likeness (QED) is 0.151. The first kappa shape index (κ1) is 34.4. The predicted octanol–water partition coefficient (Wildman–Crippen LogP) is 15.8. The minimum atomic E-state index is 0.952. The molecule has 0 N–H and O–H groups in total. The minimum Gasteiger partial charge on any atom is -0.310 e. The van der Waals surface area contributed by atoms with E-state index >= 15 is 0 Å². The Bertz CT molecular complexity index is 3200. The van der Waals surface area contributed by atoms with Gasteiger partial charge in [0.1, 0.15) is 0 Å². The van der Waals surface area contributed by atoms with E-state index in [2.05, 4.69) is 235 Å². The van der Waals surface area contributed by atoms with Gasteiger partial charge >= 0.3 is 0 Å². The number of hydrogen-bond donors (Lipinski definition) is 0. The highest BCUT2D eigenvalue weighted by Crippen LogP contribution is 2.47. The largest absolute Gasteiger partial charge is 0.310 e. The van der Waals surface area contributed by atoms with E-state index in [0.29, 0.717) is 0 Å². The number of pyridine rings is 1. The maximum absolute atomic E-state index is 5.23. The topological polar surface area (TPSA) is 16.1 Å². The van der Waals surface area contributed by atoms with Crippen molar-refractivity contribution in [3.8, 4) is 44.6 Å². The lowest BCUT2D eigenvalue weighted by atomic mass is 9.87. The molecule has 11 rings (SSSR count). The normalized spacial score (nSPS) is 11.4. The smallest absolute Gasteiger partial charge is 0.0715 e. The lowest BCUT2D eigenvalue weighted by Gasteiger charge is -2.28. The Labute approximate surface area is 343 Å². The van der Waals surface area contributed by atoms with E-state index in [-0.39, 0.29) is 0 Å². The summed E-state index contributed by atoms with van der Waals surface area (Å²) in [7, 11) is 0. The molecule has 0 unspecified atom stereocenters. The summed E-state index contributed by atoms with van der Waals surface area (Å²) >= 11 is 0. The summed E-state index contributed by atoms with van der Waals surface area (Å²) in [4.78, 5) is 7.65. The molecule has 1 aromatic heterocycles. The fourth-order valence-electron chi connectivity index (χ4n) is 8.83. The van der Waals surface area contributed by atoms with Gasteiger partial charge in [-0.1, -0.05) is 182 Å². The van der Waals surface area contributed by atoms with Gasteiger partial charge in [0.2, 0.25) is 0 Å². The SMILES string of the molecule is c1ccc(-c2ccc(N(c3ccc(-c4ccccc4)cc3)c3cc(-c4cc(-c5ccccc5)nc5ccccc45)c4c5ccccc5c5ccccc5c4c3)cc2)cc1. The highest BCUT2D eigenvalue weighted by molar-refractivity contribution is 6.30. The maximum atomic E-state index is 5.23. The summed E-state index contributed by atoms with van der Waals surface area (Å²) in [5, 5.41) is 8.51. The molecular weight excluding hydrogens is 713 g/mol. The predicted molar refractivity (Wildman–Crippen MR) is 251 cm³/mol. The Kier molecular flexibility index (Phi) is 8.52. The van der Waals surface area contributed by atoms with Crippen molar-refractivity contribution in [3.63, 3.8) is 0 Å². The second kappa shape index (κ2) is 14.6. The number of nitrogens with zero attached hydrogens (tertiary/aromatic N) is 2. The van der Waals surface area contributed by atoms with Gasteiger partial charge in [-0.15, -0.1) is 0 Å². The number of anilines is 3. The van der Waals surface area contributed by atoms with Crippen LogP contribution in [0.1, 0.15) is 0 Å². The van der Waals surface area contributed by atoms with Crippen molar-refractivity contribution < 1.29 is 0 Å². The average molecular weight is 751 g/mol. The molecule has 11 aromatic rings. The van der Waals surface area contributed by atoms with E-state index in [4.69, 9.17) is 4.98 Å². The van der Waals surface area contributed by atoms with E-state index < -0.39 is 0 Å². The summed E-state index contributed by atoms with van der Waals surface area (Å²) in [6.07, 6.45) is 0. The van der Waals surface area contributed by atoms with Crippen molar-refractivity contribution in [2.24, 2.45) is 0 Å². The van der Waals surface area contributed by atoms with E-state index in [1.165, 1.54) is 60.1 Å². The lowest BCUT2D eigenvalue weighted by molar-refractivity contribution is 1.29. The number of benzene rings is 10. The van der Waals surface area contributed by atoms with Crippen LogP contribution in [0.4, 0.5) is 17.1 Å². The van der Waals surface area contributed by atoms with Crippen molar-refractivity contribution in [2.45, 2.75) is 0 Å². The molecule has 10 aromatic carbocycles. The highest BCUT2D eigenvalue weighted by atomic mass is 15.1. The van der Waals surface area contributed by atoms with E-state index in [9.17, 15) is 0 Å². The van der Waals surface area contributed by atoms with Crippen molar-refractivity contribution in [3.05, 3.63) is 231 Å². The molecule has 0 saturated heterocycles. The first-order valence-electron chi connectivity index (χ1n) is 20.2. The molecule has 0 spiro atoms. The van der Waals surface area contributed by atoms with Crippen molar-refractivity contribution >= 4 is 60.3 Å². The summed E-state index contributed by atoms with van der Waals surface area (Å²) in [5.41, 5.74) is 13.3. The maximum Gasteiger partial charge on any atom is 0.0715 e. The number of aromatic nitrogens is 1. The zero-order valence-corrected chi connectivity index (χ0v) is 32.3. The van der Waals surface area contributed by atoms with Crippen molar-refractivity contribution in [2.75, 3.05) is 4.90 Å². The zero-order chi connectivity index (χ0) is 39.1. The highest BCUT2D eigenvalue weighted by Gasteiger charge is 2.21. The standard InChI is InChI=1S/C57H38N2/c1-4-16-39(17-5-1)41-28-32-44(33-29-41)59(45-34-30-42(31-35-45)40-18-6-2-7-19-40)46-36-53-49-24-11-10-22-47(49)48-23-12-13-26-51(48)57(53)54(37-46)52-38-56(43-20-8-3-9-21-43)58-55-27-15-14-25-50(52)55/h1-38H. The van der Waals surface area contributed by atoms with E-state index in [1.54, 1.807) is 0 Å². The number of hydrogen-bond acceptors (Lipinski definition) is 2. The van der Waals surface area contributed by atoms with Crippen molar-refractivity contribution in [1.82, 2.24) is 4.98 Å². The summed E-state index contributed by atoms with van der Waals surface area (Å²) < 4.78 is 0. The molecule has 0 amide bonds. The van der Waals surface area contributed by atoms with Gasteiger partial charge in [-0.05, 0) is 114 Å². The molecule has 276 valence electrons. The molecule has 0 bridgehead atoms. The zero-order valence-electron chi connectivity index (χ0n) is 32.3. The molecule has 0 saturated carbocycles. The van der Waals surface area contributed by atoms with Gasteiger partial charge in [0, 0.05) is 28.0 Å². The van der Waals surface area contributed by atoms with Gasteiger partial charge < -0.3 is 4.90 Å². The third-order valence-corrected chi connectivity index (χ3v) is 11.6. The molecule has 59 heavy (non-hydrogen) atoms. The number of para-hydroxylation sites is 1. The van der Waals surface area contributed by atoms with Crippen LogP contribution < -0.4 is 4.90 Å². The van der Waals surface area contributed by atoms with Crippen LogP contribution in [0, 0.1) is 0 Å². The molecule has 2 nitrogen and oxygen atoms in total. The number of rotatable bonds is 7. The van der Waals surface area contributed by atoms with Crippen LogP contribution in [0.5, 0.6) is 0 Å². The lowest BCUT2D eigenvalue weighted by Crippen LogP contribution is -2.10. The molecule has 0 atom stereocenters. The Morgan fingerprint density at radius 2 is 0.695 bits per heavy atom. The van der Waals surface area contributed by atoms with E-state index in [1.807, 2.05) is 0 Å². The molecule has 0 aliphatic carbocycles. The van der Waals surface area contributed by atoms with Crippen LogP contribution in [-0.4, -0.2) is 4.98 Å². The Morgan fingerprint density at radius 3 is 1.25 bits per heavy atom. The van der Waals surface area contributed by atoms with Crippen LogP contribution in [0.15, 0.2) is 231 Å². The Morgan fingerprint density at radius 1 is 0.271 bits per heavy atom. The van der Waals surface area contributed by atoms with Crippen LogP contribution in [0.2, 0.25) is 0 Å². The summed E-state index contributed by atoms with van der Waals surface area (Å²) in [6.45, 7) is 0. The Balaban J connectivity index is 1.23. The first-order chi connectivity index (χ1) is 29.3. The summed E-state index contributed by atoms with van der Waals surface area (Å²) in [5.74, 6) is 0. The fraction of sp³-hybridized carbons (Fsp3) is 0. The third-order valence-electron chi connectivity index (χ3n) is 11.6. The van der Waals surface area contributed by atoms with Gasteiger partial charge in [0.25, 0.3) is 0 Å². The summed E-state index contributed by atoms with van der Waals surface area (Å²) in [6, 6.07) is 83.2. The second-order valence-corrected chi connectivity index (χ2v) is 15.1. The molecule has 0 aliphatic rings. The van der Waals surface area contributed by atoms with Crippen LogP contribution in [0.25, 0.3) is 87.9 Å². The van der Waals surface area contributed by atoms with Gasteiger partial charge in [-0.3, -0.25) is 0 Å². The van der Waals surface area contributed by atoms with Crippen LogP contribution in [-0.2, 0) is 0 Å². The third kappa shape index (κ3) is 6.19. The fourth-order valence-corrected chi connectivity index (χ4v) is 8.83. The number of fused-ring (bicyclic) bond motifs is 7. The van der Waals surface area contributed by atoms with Gasteiger partial charge in [0.15, 0.2) is 0 Å². The molecule has 1 heterocycles.